The van der Waals surface area contributed by atoms with Crippen LogP contribution in [-0.2, 0) is 30.5 Å². The van der Waals surface area contributed by atoms with Crippen molar-refractivity contribution in [2.45, 2.75) is 89.6 Å². The zero-order chi connectivity index (χ0) is 95.8. The van der Waals surface area contributed by atoms with Crippen LogP contribution in [0.3, 0.4) is 0 Å². The minimum Gasteiger partial charge on any atom is -0.491 e. The maximum atomic E-state index is 12.2. The van der Waals surface area contributed by atoms with E-state index in [9.17, 15) is 38.7 Å². The average Bonchev–Trinajstić information content (AvgIpc) is 0.843. The number of aliphatic imine (C=N–C) groups is 6. The molecule has 136 heavy (non-hydrogen) atoms. The number of aliphatic hydroxyl groups excluding tert-OH is 1. The summed E-state index contributed by atoms with van der Waals surface area (Å²) in [6.07, 6.45) is 9.20. The Bertz CT molecular complexity index is 5310. The first-order chi connectivity index (χ1) is 61.9. The number of hydrogen-bond donors (Lipinski definition) is 26. The van der Waals surface area contributed by atoms with E-state index < -0.39 is 29.7 Å². The number of halogens is 10. The van der Waals surface area contributed by atoms with Crippen LogP contribution in [0.2, 0.25) is 20.6 Å². The van der Waals surface area contributed by atoms with Gasteiger partial charge < -0.3 is 129 Å². The van der Waals surface area contributed by atoms with Crippen molar-refractivity contribution in [1.82, 2.24) is 71.8 Å². The number of carbonyl (C=O) groups is 7. The molecule has 0 bridgehead atoms. The van der Waals surface area contributed by atoms with Crippen molar-refractivity contribution >= 4 is 250 Å². The number of unbranched alkanes of at least 4 members (excludes halogenated alkanes) is 4. The van der Waals surface area contributed by atoms with Gasteiger partial charge in [-0.25, -0.2) is 39.9 Å². The van der Waals surface area contributed by atoms with Crippen LogP contribution in [0.25, 0.3) is 0 Å². The number of benzene rings is 4. The highest BCUT2D eigenvalue weighted by Crippen LogP contribution is 2.23. The third-order valence-corrected chi connectivity index (χ3v) is 18.2. The Morgan fingerprint density at radius 3 is 0.919 bits per heavy atom. The number of rotatable bonds is 39. The molecule has 0 spiro atoms. The number of guanidine groups is 6. The predicted octanol–water partition coefficient (Wildman–Crippen LogP) is 1.97. The standard InChI is InChI=1S/C20H28ClN11O2.C20H29ClN10O3.2C19H26ClN9O2.6ClH/c21-14-16(23)31-15(22)13(30-14)18(34)32-20(26)29-8-2-1-3-11-4-6-12(7-5-11)17(33)27-9-10-28-19(24)25;21-15-17(23)30-16(22)14(29-15)18(33)31-20(26)27-8-2-1-3-11-4-6-13(7-5-11)34-10-12(32)9-28-19(24)25;20-15-17(23)28-16(22)14(27-15)18(31)29-19(24)25-10-2-1-3-11-4-6-12(7-5-11)26-13(30)8-9-21;20-14-16(23)28-15(22)13(27-14)18(31)29-19(24)26-9-2-1-3-11-4-6-12(7-5-11)17(30)25-10-8-21;;;;;;/h4-7H,1-3,8-10H2,(H,27,33)(H4,22,23,31)(H4,24,25,28)(H3,26,29,32,34);4-7,12,32H,1-3,8-10H2,(H4,22,23,30)(H4,24,25,28)(H3,26,27,31,33);4-7H,1-3,8-10,21H2,(H,26,30)(H4,22,23,28)(H3,24,25,29,31);4-7H,1-3,8-10,21H2,(H,25,30)(H4,22,23,28)(H3,24,26,29,31);6*1H. The van der Waals surface area contributed by atoms with Crippen molar-refractivity contribution in [2.75, 3.05) is 123 Å². The molecule has 0 aliphatic rings. The first kappa shape index (κ1) is 125. The Hall–Kier alpha value is -13.1. The smallest absolute Gasteiger partial charge is 0.280 e. The third-order valence-electron chi connectivity index (χ3n) is 17.1. The van der Waals surface area contributed by atoms with Crippen LogP contribution in [0, 0.1) is 0 Å². The number of anilines is 9. The predicted molar refractivity (Wildman–Crippen MR) is 549 cm³/mol. The maximum Gasteiger partial charge on any atom is 0.280 e. The topological polar surface area (TPSA) is 879 Å². The molecule has 0 fully saturated rings. The van der Waals surface area contributed by atoms with Crippen molar-refractivity contribution in [3.05, 3.63) is 174 Å². The number of nitrogens with one attached hydrogen (secondary N) is 7. The van der Waals surface area contributed by atoms with E-state index >= 15 is 0 Å². The lowest BCUT2D eigenvalue weighted by atomic mass is 10.1. The van der Waals surface area contributed by atoms with Gasteiger partial charge in [0, 0.05) is 75.6 Å². The maximum absolute atomic E-state index is 12.2. The molecular weight excluding hydrogens is 1980 g/mol. The lowest BCUT2D eigenvalue weighted by Crippen LogP contribution is -2.38. The average molecular weight is 2100 g/mol. The van der Waals surface area contributed by atoms with E-state index in [4.69, 9.17) is 154 Å². The van der Waals surface area contributed by atoms with Crippen LogP contribution in [0.1, 0.15) is 143 Å². The molecule has 8 rings (SSSR count). The normalized spacial score (nSPS) is 10.9. The van der Waals surface area contributed by atoms with E-state index in [-0.39, 0.29) is 231 Å². The van der Waals surface area contributed by atoms with Crippen molar-refractivity contribution in [3.8, 4) is 5.75 Å². The number of ether oxygens (including phenoxy) is 1. The van der Waals surface area contributed by atoms with Gasteiger partial charge in [0.25, 0.3) is 35.4 Å². The highest BCUT2D eigenvalue weighted by molar-refractivity contribution is 6.33. The van der Waals surface area contributed by atoms with Gasteiger partial charge in [0.05, 0.1) is 13.1 Å². The molecule has 8 aromatic rings. The fourth-order valence-electron chi connectivity index (χ4n) is 10.6. The van der Waals surface area contributed by atoms with Gasteiger partial charge in [-0.15, -0.1) is 74.4 Å². The number of hydrogen-bond acceptors (Lipinski definition) is 33. The minimum atomic E-state index is -0.797. The van der Waals surface area contributed by atoms with E-state index in [1.54, 1.807) is 24.3 Å². The van der Waals surface area contributed by atoms with Gasteiger partial charge in [-0.3, -0.25) is 84.8 Å². The highest BCUT2D eigenvalue weighted by atomic mass is 35.5. The number of aromatic nitrogens is 8. The summed E-state index contributed by atoms with van der Waals surface area (Å²) in [7, 11) is 0. The lowest BCUT2D eigenvalue weighted by Gasteiger charge is -2.11. The van der Waals surface area contributed by atoms with Crippen LogP contribution >= 0.6 is 121 Å². The molecule has 1 atom stereocenters. The second-order valence-electron chi connectivity index (χ2n) is 27.4. The Balaban J connectivity index is 0. The van der Waals surface area contributed by atoms with Gasteiger partial charge in [-0.05, 0) is 148 Å². The van der Waals surface area contributed by atoms with Gasteiger partial charge in [0.1, 0.15) is 18.5 Å². The van der Waals surface area contributed by atoms with E-state index in [1.807, 2.05) is 72.8 Å². The Labute approximate surface area is 839 Å². The molecular formula is C78H115Cl10N39O9. The largest absolute Gasteiger partial charge is 0.491 e. The van der Waals surface area contributed by atoms with Gasteiger partial charge in [-0.2, -0.15) is 0 Å². The number of aryl methyl sites for hydroxylation is 4. The van der Waals surface area contributed by atoms with E-state index in [0.717, 1.165) is 105 Å². The van der Waals surface area contributed by atoms with Crippen LogP contribution in [0.5, 0.6) is 5.75 Å². The van der Waals surface area contributed by atoms with Crippen molar-refractivity contribution in [3.63, 3.8) is 0 Å². The number of carbonyl (C=O) groups excluding carboxylic acids is 7. The summed E-state index contributed by atoms with van der Waals surface area (Å²) >= 11 is 23.1. The fourth-order valence-corrected chi connectivity index (χ4v) is 11.1. The molecule has 4 heterocycles. The van der Waals surface area contributed by atoms with Gasteiger partial charge >= 0.3 is 0 Å². The summed E-state index contributed by atoms with van der Waals surface area (Å²) in [6.45, 7) is 3.68. The molecule has 44 N–H and O–H groups in total. The Kier molecular flexibility index (Phi) is 61.7. The van der Waals surface area contributed by atoms with E-state index in [1.165, 1.54) is 0 Å². The molecule has 0 radical (unpaired) electrons. The Morgan fingerprint density at radius 2 is 0.632 bits per heavy atom. The summed E-state index contributed by atoms with van der Waals surface area (Å²) in [5.41, 5.74) is 105. The summed E-state index contributed by atoms with van der Waals surface area (Å²) < 4.78 is 5.51. The van der Waals surface area contributed by atoms with Crippen LogP contribution < -0.4 is 145 Å². The number of nitrogens with two attached hydrogens (primary N) is 18. The van der Waals surface area contributed by atoms with E-state index in [2.05, 4.69) is 107 Å². The molecule has 0 aliphatic carbocycles. The minimum absolute atomic E-state index is 0. The summed E-state index contributed by atoms with van der Waals surface area (Å²) in [6, 6.07) is 29.9. The quantitative estimate of drug-likeness (QED) is 0.0149. The molecule has 4 aromatic heterocycles. The Morgan fingerprint density at radius 1 is 0.346 bits per heavy atom. The summed E-state index contributed by atoms with van der Waals surface area (Å²) in [5.74, 6) is -3.80. The fraction of sp³-hybridized carbons (Fsp3) is 0.321. The van der Waals surface area contributed by atoms with Gasteiger partial charge in [0.15, 0.2) is 126 Å². The van der Waals surface area contributed by atoms with Crippen LogP contribution in [0.15, 0.2) is 127 Å². The second kappa shape index (κ2) is 67.1. The van der Waals surface area contributed by atoms with Crippen LogP contribution in [0.4, 0.5) is 52.2 Å². The molecule has 48 nitrogen and oxygen atoms in total. The SMILES string of the molecule is Cl.Cl.Cl.Cl.Cl.Cl.NC(N)=NCC(O)COc1ccc(CCCCN=C(N)NC(=O)c2nc(Cl)c(N)nc2N)cc1.NC(N)=NCCNC(=O)c1ccc(CCCCN=C(N)NC(=O)c2nc(Cl)c(N)nc2N)cc1.NCCC(=O)Nc1ccc(CCCCN=C(N)NC(=O)c2nc(Cl)c(N)nc2N)cc1.NCCNC(=O)c1ccc(CCCCN=C(N)NC(=O)c2nc(Cl)c(N)nc2N)cc1. The van der Waals surface area contributed by atoms with Crippen LogP contribution in [-0.4, -0.2) is 200 Å². The number of aliphatic hydroxyl groups is 1. The molecule has 0 saturated carbocycles. The van der Waals surface area contributed by atoms with Crippen molar-refractivity contribution < 1.29 is 43.4 Å². The van der Waals surface area contributed by atoms with Crippen molar-refractivity contribution in [2.24, 2.45) is 87.3 Å². The first-order valence-electron chi connectivity index (χ1n) is 39.8. The third kappa shape index (κ3) is 47.7. The summed E-state index contributed by atoms with van der Waals surface area (Å²) in [4.78, 5) is 138. The van der Waals surface area contributed by atoms with E-state index in [0.29, 0.717) is 82.2 Å². The second-order valence-corrected chi connectivity index (χ2v) is 28.8. The number of amides is 7. The zero-order valence-corrected chi connectivity index (χ0v) is 81.0. The molecule has 4 aromatic carbocycles. The monoisotopic (exact) mass is 2090 g/mol. The zero-order valence-electron chi connectivity index (χ0n) is 73.1. The number of nitrogen functional groups attached to an aromatic ring is 8. The number of nitrogens with zero attached hydrogens (tertiary/aromatic N) is 14. The molecule has 0 aliphatic heterocycles. The lowest BCUT2D eigenvalue weighted by molar-refractivity contribution is -0.116. The van der Waals surface area contributed by atoms with Gasteiger partial charge in [0.2, 0.25) is 5.91 Å². The molecule has 746 valence electrons. The first-order valence-corrected chi connectivity index (χ1v) is 41.3. The summed E-state index contributed by atoms with van der Waals surface area (Å²) in [5, 5.41) is 27.0. The molecule has 58 heteroatoms. The van der Waals surface area contributed by atoms with Gasteiger partial charge in [-0.1, -0.05) is 94.9 Å². The molecule has 1 unspecified atom stereocenters. The highest BCUT2D eigenvalue weighted by Gasteiger charge is 2.22. The molecule has 7 amide bonds. The van der Waals surface area contributed by atoms with Crippen molar-refractivity contribution in [1.29, 1.82) is 0 Å². The molecule has 0 saturated heterocycles.